The lowest BCUT2D eigenvalue weighted by atomic mass is 9.79. The number of rotatable bonds is 42. The largest absolute Gasteiger partial charge is 0.493 e. The Morgan fingerprint density at radius 2 is 1.33 bits per heavy atom. The fraction of sp³-hybridized carbons (Fsp3) is 0.368. The number of nitrogens with zero attached hydrogens (tertiary/aromatic N) is 8. The molecule has 1 unspecified atom stereocenters. The van der Waals surface area contributed by atoms with Crippen molar-refractivity contribution in [3.05, 3.63) is 176 Å². The third kappa shape index (κ3) is 19.2. The van der Waals surface area contributed by atoms with Crippen LogP contribution in [0.25, 0.3) is 27.9 Å². The number of H-pyrrole nitrogens is 1. The van der Waals surface area contributed by atoms with Gasteiger partial charge in [0, 0.05) is 116 Å². The number of nitrogens with two attached hydrogens (primary N) is 4. The zero-order valence-electron chi connectivity index (χ0n) is 60.7. The average molecular weight is 1500 g/mol. The standard InChI is InChI=1S/C76H87N13O18S/c1-87(2)53-20-23-59-63(39-53)106-66(41-76(59)60-38-50(18-22-57(60)72(93)89(76)108(80,95)96)61(92)11-7-6-8-25-104-68-64(97-4)35-49(36-65(68)98-5)34-52-42-81-74(78)84-69(52)77)58-37-51-17-19-54(40-62(51)107-73(58)94)88(3)43-55(90)10-9-24-99-26-27-100-28-29-101-30-31-102-32-33-103-45-56(91)21-16-47-12-14-48(15-13-47)44-105-71-67-70(83-46-82-67)85-75(79)86-71/h12-15,17-20,22-23,35-42,46H,6-11,16,21,24-34,43-45H2,1-5H3,(H2,80,95,96)(H4,77,78,81,84)(H3,79,82,83,85,86). The summed E-state index contributed by atoms with van der Waals surface area (Å²) in [6.07, 6.45) is 8.16. The van der Waals surface area contributed by atoms with Gasteiger partial charge in [0.2, 0.25) is 23.5 Å². The highest BCUT2D eigenvalue weighted by Crippen LogP contribution is 2.54. The van der Waals surface area contributed by atoms with E-state index < -0.39 is 27.3 Å². The number of unbranched alkanes of at least 4 members (excludes halogenated alkanes) is 2. The van der Waals surface area contributed by atoms with E-state index in [2.05, 4.69) is 29.9 Å². The molecule has 1 spiro atoms. The minimum Gasteiger partial charge on any atom is -0.493 e. The van der Waals surface area contributed by atoms with E-state index in [0.29, 0.717) is 159 Å². The van der Waals surface area contributed by atoms with Crippen LogP contribution in [0.2, 0.25) is 0 Å². The van der Waals surface area contributed by atoms with E-state index in [1.165, 1.54) is 50.9 Å². The molecule has 1 atom stereocenters. The molecule has 9 N–H and O–H groups in total. The molecule has 4 aromatic heterocycles. The summed E-state index contributed by atoms with van der Waals surface area (Å²) in [6, 6.07) is 27.4. The number of fused-ring (bicyclic) bond motifs is 6. The summed E-state index contributed by atoms with van der Waals surface area (Å²) in [5.41, 5.74) is 20.8. The predicted molar refractivity (Wildman–Crippen MR) is 402 cm³/mol. The quantitative estimate of drug-likeness (QED) is 0.0141. The van der Waals surface area contributed by atoms with Gasteiger partial charge in [-0.05, 0) is 103 Å². The van der Waals surface area contributed by atoms with E-state index in [1.54, 1.807) is 73.5 Å². The molecule has 0 radical (unpaired) electrons. The molecule has 5 aromatic carbocycles. The van der Waals surface area contributed by atoms with Gasteiger partial charge in [0.05, 0.1) is 86.6 Å². The molecule has 0 aliphatic carbocycles. The van der Waals surface area contributed by atoms with Gasteiger partial charge in [-0.1, -0.05) is 36.4 Å². The number of hydrogen-bond acceptors (Lipinski definition) is 28. The van der Waals surface area contributed by atoms with Crippen LogP contribution in [0, 0.1) is 0 Å². The lowest BCUT2D eigenvalue weighted by Gasteiger charge is -2.39. The first-order chi connectivity index (χ1) is 52.1. The number of methoxy groups -OCH3 is 2. The summed E-state index contributed by atoms with van der Waals surface area (Å²) >= 11 is 0. The molecule has 11 rings (SSSR count). The highest BCUT2D eigenvalue weighted by Gasteiger charge is 2.58. The van der Waals surface area contributed by atoms with E-state index >= 15 is 0 Å². The van der Waals surface area contributed by atoms with E-state index in [-0.39, 0.29) is 126 Å². The number of nitrogens with one attached hydrogen (secondary N) is 1. The Bertz CT molecular complexity index is 4910. The fourth-order valence-electron chi connectivity index (χ4n) is 12.5. The van der Waals surface area contributed by atoms with Crippen LogP contribution in [-0.2, 0) is 68.5 Å². The van der Waals surface area contributed by atoms with Gasteiger partial charge in [-0.25, -0.2) is 24.2 Å². The van der Waals surface area contributed by atoms with E-state index in [1.807, 2.05) is 36.4 Å². The number of ketones is 3. The molecule has 108 heavy (non-hydrogen) atoms. The molecule has 31 nitrogen and oxygen atoms in total. The number of aromatic nitrogens is 6. The highest BCUT2D eigenvalue weighted by molar-refractivity contribution is 7.87. The Morgan fingerprint density at radius 3 is 2.03 bits per heavy atom. The van der Waals surface area contributed by atoms with Gasteiger partial charge in [0.25, 0.3) is 5.91 Å². The van der Waals surface area contributed by atoms with Gasteiger partial charge >= 0.3 is 15.8 Å². The maximum Gasteiger partial charge on any atom is 0.347 e. The van der Waals surface area contributed by atoms with Crippen LogP contribution in [0.3, 0.4) is 0 Å². The van der Waals surface area contributed by atoms with Crippen LogP contribution < -0.4 is 61.4 Å². The summed E-state index contributed by atoms with van der Waals surface area (Å²) in [4.78, 5) is 95.6. The molecule has 0 bridgehead atoms. The smallest absolute Gasteiger partial charge is 0.347 e. The Morgan fingerprint density at radius 1 is 0.639 bits per heavy atom. The van der Waals surface area contributed by atoms with Crippen LogP contribution in [-0.4, -0.2) is 180 Å². The number of hydrogen-bond donors (Lipinski definition) is 5. The number of amides is 1. The zero-order chi connectivity index (χ0) is 76.5. The van der Waals surface area contributed by atoms with Crippen molar-refractivity contribution in [2.75, 3.05) is 142 Å². The van der Waals surface area contributed by atoms with Crippen molar-refractivity contribution in [2.24, 2.45) is 5.14 Å². The van der Waals surface area contributed by atoms with Gasteiger partial charge in [0.1, 0.15) is 47.2 Å². The number of nitrogen functional groups attached to an aromatic ring is 3. The van der Waals surface area contributed by atoms with Gasteiger partial charge in [0.15, 0.2) is 40.0 Å². The summed E-state index contributed by atoms with van der Waals surface area (Å²) in [7, 11) is 3.47. The number of aryl methyl sites for hydroxylation is 1. The summed E-state index contributed by atoms with van der Waals surface area (Å²) in [5.74, 6) is 0.662. The molecule has 0 fully saturated rings. The van der Waals surface area contributed by atoms with E-state index in [9.17, 15) is 32.4 Å². The molecular weight excluding hydrogens is 1410 g/mol. The topological polar surface area (TPSA) is 419 Å². The number of aromatic amines is 1. The third-order valence-corrected chi connectivity index (χ3v) is 19.0. The Hall–Kier alpha value is -11.1. The second-order valence-electron chi connectivity index (χ2n) is 25.9. The first-order valence-corrected chi connectivity index (χ1v) is 36.5. The van der Waals surface area contributed by atoms with Crippen LogP contribution in [0.15, 0.2) is 125 Å². The highest BCUT2D eigenvalue weighted by atomic mass is 32.2. The van der Waals surface area contributed by atoms with Crippen molar-refractivity contribution in [2.45, 2.75) is 69.9 Å². The molecule has 570 valence electrons. The number of Topliss-reactive ketones (excluding diaryl/α,β-unsaturated/α-hetero) is 3. The molecule has 6 heterocycles. The Labute approximate surface area is 622 Å². The van der Waals surface area contributed by atoms with Gasteiger partial charge < -0.3 is 83.8 Å². The summed E-state index contributed by atoms with van der Waals surface area (Å²) in [6.45, 7) is 3.66. The van der Waals surface area contributed by atoms with Crippen LogP contribution in [0.5, 0.6) is 28.9 Å². The fourth-order valence-corrected chi connectivity index (χ4v) is 13.5. The van der Waals surface area contributed by atoms with Crippen molar-refractivity contribution in [1.82, 2.24) is 34.2 Å². The molecule has 0 saturated carbocycles. The Kier molecular flexibility index (Phi) is 26.0. The van der Waals surface area contributed by atoms with Crippen LogP contribution >= 0.6 is 0 Å². The number of anilines is 5. The van der Waals surface area contributed by atoms with Crippen molar-refractivity contribution in [1.29, 1.82) is 0 Å². The van der Waals surface area contributed by atoms with Gasteiger partial charge in [-0.15, -0.1) is 0 Å². The summed E-state index contributed by atoms with van der Waals surface area (Å²) < 4.78 is 92.2. The van der Waals surface area contributed by atoms with Crippen molar-refractivity contribution in [3.63, 3.8) is 0 Å². The van der Waals surface area contributed by atoms with Crippen molar-refractivity contribution in [3.8, 4) is 28.9 Å². The number of imidazole rings is 1. The number of carbonyl (C=O) groups is 4. The monoisotopic (exact) mass is 1500 g/mol. The maximum absolute atomic E-state index is 14.6. The molecular formula is C76H87N13O18S. The number of benzene rings is 5. The first-order valence-electron chi connectivity index (χ1n) is 35.0. The molecule has 1 amide bonds. The minimum atomic E-state index is -4.91. The lowest BCUT2D eigenvalue weighted by molar-refractivity contribution is -0.124. The van der Waals surface area contributed by atoms with Crippen LogP contribution in [0.4, 0.5) is 29.1 Å². The average Bonchev–Trinajstić information content (AvgIpc) is 1.52. The maximum atomic E-state index is 14.6. The molecule has 2 aliphatic rings. The second-order valence-corrected chi connectivity index (χ2v) is 27.2. The third-order valence-electron chi connectivity index (χ3n) is 18.0. The van der Waals surface area contributed by atoms with Gasteiger partial charge in [-0.3, -0.25) is 19.2 Å². The Balaban J connectivity index is 0.605. The molecule has 0 saturated heterocycles. The molecule has 32 heteroatoms. The number of ether oxygens (including phenoxy) is 10. The molecule has 9 aromatic rings. The van der Waals surface area contributed by atoms with Crippen LogP contribution in [0.1, 0.15) is 105 Å². The molecule has 2 aliphatic heterocycles. The van der Waals surface area contributed by atoms with E-state index in [0.717, 1.165) is 16.7 Å². The summed E-state index contributed by atoms with van der Waals surface area (Å²) in [5, 5.41) is 6.45. The van der Waals surface area contributed by atoms with E-state index in [4.69, 9.17) is 74.1 Å². The van der Waals surface area contributed by atoms with Gasteiger partial charge in [-0.2, -0.15) is 23.4 Å². The predicted octanol–water partition coefficient (Wildman–Crippen LogP) is 7.48. The second kappa shape index (κ2) is 36.0. The van der Waals surface area contributed by atoms with Crippen molar-refractivity contribution < 1.29 is 79.4 Å². The van der Waals surface area contributed by atoms with Crippen molar-refractivity contribution >= 4 is 90.4 Å². The zero-order valence-corrected chi connectivity index (χ0v) is 61.5. The SMILES string of the molecule is COc1cc(Cc2cnc(N)nc2N)cc(OC)c1OCCCCCC(=O)c1ccc2c(c1)C1(C=C(c3cc4ccc(N(C)CC(=O)CCCOCCOCCOCCOCCOCC(=O)CCc5ccc(COc6nc(N)nc7[nH]cnc67)cc5)cc4oc3=O)Oc3cc(N(C)C)ccc31)N(S(N)(=O)=O)C2=O. The first kappa shape index (κ1) is 78.0. The number of carbonyl (C=O) groups excluding carboxylic acids is 4. The minimum absolute atomic E-state index is 0.00357. The normalized spacial score (nSPS) is 13.9. The number of likely N-dealkylation sites (N-methyl/N-ethyl adjacent to an activating group) is 1. The lowest BCUT2D eigenvalue weighted by Crippen LogP contribution is -2.51.